The number of esters is 1. The molecule has 0 saturated carbocycles. The molecule has 16 heavy (non-hydrogen) atoms. The average molecular weight is 222 g/mol. The third-order valence-corrected chi connectivity index (χ3v) is 2.64. The Hall–Kier alpha value is -1.51. The zero-order chi connectivity index (χ0) is 12.0. The summed E-state index contributed by atoms with van der Waals surface area (Å²) in [4.78, 5) is 11.3. The smallest absolute Gasteiger partial charge is 0.306 e. The highest BCUT2D eigenvalue weighted by atomic mass is 16.5. The molecule has 0 radical (unpaired) electrons. The number of carbonyl (C=O) groups excluding carboxylic acids is 1. The van der Waals surface area contributed by atoms with Crippen LogP contribution in [0.5, 0.6) is 5.75 Å². The number of aromatic hydroxyl groups is 1. The molecular formula is C13H18O3. The quantitative estimate of drug-likeness (QED) is 0.779. The third kappa shape index (κ3) is 3.57. The van der Waals surface area contributed by atoms with Crippen molar-refractivity contribution in [3.63, 3.8) is 0 Å². The molecule has 0 bridgehead atoms. The van der Waals surface area contributed by atoms with Crippen LogP contribution < -0.4 is 0 Å². The molecule has 1 N–H and O–H groups in total. The van der Waals surface area contributed by atoms with Crippen LogP contribution in [0.4, 0.5) is 0 Å². The lowest BCUT2D eigenvalue weighted by molar-refractivity contribution is -0.141. The summed E-state index contributed by atoms with van der Waals surface area (Å²) in [6.07, 6.45) is 2.36. The maximum Gasteiger partial charge on any atom is 0.306 e. The molecule has 0 aliphatic heterocycles. The Kier molecular flexibility index (Phi) is 4.83. The lowest BCUT2D eigenvalue weighted by Crippen LogP contribution is -2.08. The molecule has 0 spiro atoms. The Bertz CT molecular complexity index is 330. The predicted molar refractivity (Wildman–Crippen MR) is 62.4 cm³/mol. The minimum absolute atomic E-state index is 0.179. The molecule has 0 aromatic heterocycles. The second kappa shape index (κ2) is 6.16. The standard InChI is InChI=1S/C13H18O3/c1-3-4-11(9-13(15)16-2)10-5-7-12(14)8-6-10/h5-8,11,14H,3-4,9H2,1-2H3/t11-/m1/s1. The predicted octanol–water partition coefficient (Wildman–Crippen LogP) is 2.84. The number of phenols is 1. The molecule has 3 nitrogen and oxygen atoms in total. The highest BCUT2D eigenvalue weighted by Gasteiger charge is 2.15. The van der Waals surface area contributed by atoms with Crippen molar-refractivity contribution in [1.29, 1.82) is 0 Å². The van der Waals surface area contributed by atoms with Crippen molar-refractivity contribution in [3.05, 3.63) is 29.8 Å². The van der Waals surface area contributed by atoms with Gasteiger partial charge in [-0.3, -0.25) is 4.79 Å². The molecule has 1 aromatic carbocycles. The van der Waals surface area contributed by atoms with E-state index in [0.29, 0.717) is 6.42 Å². The van der Waals surface area contributed by atoms with E-state index in [1.807, 2.05) is 12.1 Å². The van der Waals surface area contributed by atoms with Crippen molar-refractivity contribution in [2.45, 2.75) is 32.1 Å². The molecular weight excluding hydrogens is 204 g/mol. The second-order valence-electron chi connectivity index (χ2n) is 3.86. The van der Waals surface area contributed by atoms with E-state index in [-0.39, 0.29) is 17.6 Å². The molecule has 0 unspecified atom stereocenters. The summed E-state index contributed by atoms with van der Waals surface area (Å²) in [5.74, 6) is 0.238. The molecule has 1 rings (SSSR count). The second-order valence-corrected chi connectivity index (χ2v) is 3.86. The van der Waals surface area contributed by atoms with E-state index in [1.54, 1.807) is 12.1 Å². The van der Waals surface area contributed by atoms with Crippen molar-refractivity contribution in [1.82, 2.24) is 0 Å². The monoisotopic (exact) mass is 222 g/mol. The van der Waals surface area contributed by atoms with Gasteiger partial charge >= 0.3 is 5.97 Å². The first-order chi connectivity index (χ1) is 7.67. The Morgan fingerprint density at radius 1 is 1.38 bits per heavy atom. The summed E-state index contributed by atoms with van der Waals surface area (Å²) in [5, 5.41) is 9.20. The topological polar surface area (TPSA) is 46.5 Å². The maximum absolute atomic E-state index is 11.3. The van der Waals surface area contributed by atoms with E-state index >= 15 is 0 Å². The minimum Gasteiger partial charge on any atom is -0.508 e. The lowest BCUT2D eigenvalue weighted by atomic mass is 9.91. The van der Waals surface area contributed by atoms with Crippen molar-refractivity contribution in [2.24, 2.45) is 0 Å². The third-order valence-electron chi connectivity index (χ3n) is 2.64. The lowest BCUT2D eigenvalue weighted by Gasteiger charge is -2.15. The van der Waals surface area contributed by atoms with Crippen LogP contribution in [0, 0.1) is 0 Å². The van der Waals surface area contributed by atoms with Crippen LogP contribution in [-0.4, -0.2) is 18.2 Å². The van der Waals surface area contributed by atoms with Crippen LogP contribution in [-0.2, 0) is 9.53 Å². The molecule has 0 fully saturated rings. The summed E-state index contributed by atoms with van der Waals surface area (Å²) in [6, 6.07) is 7.02. The van der Waals surface area contributed by atoms with Crippen LogP contribution in [0.1, 0.15) is 37.7 Å². The largest absolute Gasteiger partial charge is 0.508 e. The van der Waals surface area contributed by atoms with E-state index < -0.39 is 0 Å². The van der Waals surface area contributed by atoms with Crippen LogP contribution in [0.2, 0.25) is 0 Å². The molecule has 0 aliphatic rings. The van der Waals surface area contributed by atoms with Gasteiger partial charge in [0.15, 0.2) is 0 Å². The van der Waals surface area contributed by atoms with E-state index in [2.05, 4.69) is 11.7 Å². The van der Waals surface area contributed by atoms with E-state index in [9.17, 15) is 9.90 Å². The molecule has 0 saturated heterocycles. The minimum atomic E-state index is -0.188. The first-order valence-corrected chi connectivity index (χ1v) is 5.53. The normalized spacial score (nSPS) is 12.1. The van der Waals surface area contributed by atoms with Crippen molar-refractivity contribution in [3.8, 4) is 5.75 Å². The fourth-order valence-electron chi connectivity index (χ4n) is 1.77. The zero-order valence-electron chi connectivity index (χ0n) is 9.77. The Labute approximate surface area is 96.1 Å². The summed E-state index contributed by atoms with van der Waals surface area (Å²) < 4.78 is 4.68. The number of methoxy groups -OCH3 is 1. The van der Waals surface area contributed by atoms with Gasteiger partial charge in [0.1, 0.15) is 5.75 Å². The number of hydrogen-bond donors (Lipinski definition) is 1. The first-order valence-electron chi connectivity index (χ1n) is 5.53. The van der Waals surface area contributed by atoms with Crippen LogP contribution >= 0.6 is 0 Å². The average Bonchev–Trinajstić information content (AvgIpc) is 2.29. The summed E-state index contributed by atoms with van der Waals surface area (Å²) >= 11 is 0. The summed E-state index contributed by atoms with van der Waals surface area (Å²) in [5.41, 5.74) is 1.07. The summed E-state index contributed by atoms with van der Waals surface area (Å²) in [7, 11) is 1.40. The zero-order valence-corrected chi connectivity index (χ0v) is 9.77. The van der Waals surface area contributed by atoms with Gasteiger partial charge in [-0.15, -0.1) is 0 Å². The van der Waals surface area contributed by atoms with Crippen LogP contribution in [0.3, 0.4) is 0 Å². The number of phenolic OH excluding ortho intramolecular Hbond substituents is 1. The molecule has 1 aromatic rings. The van der Waals surface area contributed by atoms with E-state index in [1.165, 1.54) is 7.11 Å². The van der Waals surface area contributed by atoms with Gasteiger partial charge in [0.05, 0.1) is 13.5 Å². The number of hydrogen-bond acceptors (Lipinski definition) is 3. The molecule has 0 amide bonds. The molecule has 3 heteroatoms. The number of carbonyl (C=O) groups is 1. The number of ether oxygens (including phenoxy) is 1. The fraction of sp³-hybridized carbons (Fsp3) is 0.462. The van der Waals surface area contributed by atoms with E-state index in [4.69, 9.17) is 0 Å². The Morgan fingerprint density at radius 3 is 2.50 bits per heavy atom. The van der Waals surface area contributed by atoms with Crippen molar-refractivity contribution >= 4 is 5.97 Å². The molecule has 1 atom stereocenters. The van der Waals surface area contributed by atoms with Crippen LogP contribution in [0.15, 0.2) is 24.3 Å². The van der Waals surface area contributed by atoms with Gasteiger partial charge in [0.2, 0.25) is 0 Å². The van der Waals surface area contributed by atoms with Gasteiger partial charge in [-0.1, -0.05) is 25.5 Å². The Balaban J connectivity index is 2.76. The Morgan fingerprint density at radius 2 is 2.00 bits per heavy atom. The van der Waals surface area contributed by atoms with Gasteiger partial charge in [0, 0.05) is 0 Å². The van der Waals surface area contributed by atoms with Crippen molar-refractivity contribution < 1.29 is 14.6 Å². The van der Waals surface area contributed by atoms with E-state index in [0.717, 1.165) is 18.4 Å². The van der Waals surface area contributed by atoms with Crippen LogP contribution in [0.25, 0.3) is 0 Å². The van der Waals surface area contributed by atoms with Gasteiger partial charge < -0.3 is 9.84 Å². The number of benzene rings is 1. The fourth-order valence-corrected chi connectivity index (χ4v) is 1.77. The SMILES string of the molecule is CCC[C@H](CC(=O)OC)c1ccc(O)cc1. The van der Waals surface area contributed by atoms with Gasteiger partial charge in [-0.05, 0) is 30.0 Å². The van der Waals surface area contributed by atoms with Crippen molar-refractivity contribution in [2.75, 3.05) is 7.11 Å². The van der Waals surface area contributed by atoms with Gasteiger partial charge in [0.25, 0.3) is 0 Å². The van der Waals surface area contributed by atoms with Gasteiger partial charge in [-0.25, -0.2) is 0 Å². The highest BCUT2D eigenvalue weighted by molar-refractivity contribution is 5.70. The first kappa shape index (κ1) is 12.6. The van der Waals surface area contributed by atoms with Gasteiger partial charge in [-0.2, -0.15) is 0 Å². The highest BCUT2D eigenvalue weighted by Crippen LogP contribution is 2.26. The summed E-state index contributed by atoms with van der Waals surface area (Å²) in [6.45, 7) is 2.09. The maximum atomic E-state index is 11.3. The number of rotatable bonds is 5. The molecule has 88 valence electrons. The molecule has 0 aliphatic carbocycles. The molecule has 0 heterocycles.